The van der Waals surface area contributed by atoms with Crippen molar-refractivity contribution in [3.05, 3.63) is 77.6 Å². The van der Waals surface area contributed by atoms with E-state index in [4.69, 9.17) is 5.73 Å². The summed E-state index contributed by atoms with van der Waals surface area (Å²) < 4.78 is 38.6. The molecule has 1 aliphatic heterocycles. The zero-order chi connectivity index (χ0) is 20.4. The summed E-state index contributed by atoms with van der Waals surface area (Å²) in [4.78, 5) is 4.12. The second kappa shape index (κ2) is 8.04. The van der Waals surface area contributed by atoms with Crippen molar-refractivity contribution >= 4 is 27.6 Å². The normalized spacial score (nSPS) is 15.6. The molecule has 2 N–H and O–H groups in total. The highest BCUT2D eigenvalue weighted by molar-refractivity contribution is 8.14. The van der Waals surface area contributed by atoms with E-state index < -0.39 is 11.7 Å². The van der Waals surface area contributed by atoms with Crippen LogP contribution in [0.5, 0.6) is 0 Å². The van der Waals surface area contributed by atoms with Gasteiger partial charge in [-0.2, -0.15) is 18.3 Å². The first-order valence-electron chi connectivity index (χ1n) is 9.11. The molecule has 0 amide bonds. The molecule has 4 rings (SSSR count). The van der Waals surface area contributed by atoms with E-state index in [2.05, 4.69) is 16.2 Å². The van der Waals surface area contributed by atoms with Crippen LogP contribution in [0.25, 0.3) is 10.8 Å². The van der Waals surface area contributed by atoms with Gasteiger partial charge in [-0.25, -0.2) is 0 Å². The van der Waals surface area contributed by atoms with Crippen LogP contribution in [0.2, 0.25) is 0 Å². The van der Waals surface area contributed by atoms with Gasteiger partial charge in [-0.15, -0.1) is 0 Å². The van der Waals surface area contributed by atoms with E-state index in [9.17, 15) is 13.2 Å². The number of benzene rings is 2. The zero-order valence-corrected chi connectivity index (χ0v) is 16.2. The molecule has 29 heavy (non-hydrogen) atoms. The molecule has 0 unspecified atom stereocenters. The number of nitrogens with two attached hydrogens (primary N) is 1. The maximum absolute atomic E-state index is 12.9. The van der Waals surface area contributed by atoms with Crippen LogP contribution in [-0.4, -0.2) is 33.5 Å². The van der Waals surface area contributed by atoms with Crippen molar-refractivity contribution in [2.45, 2.75) is 18.6 Å². The number of rotatable bonds is 5. The fourth-order valence-electron chi connectivity index (χ4n) is 3.29. The van der Waals surface area contributed by atoms with Gasteiger partial charge in [0.15, 0.2) is 0 Å². The van der Waals surface area contributed by atoms with Gasteiger partial charge in [0.05, 0.1) is 18.0 Å². The second-order valence-electron chi connectivity index (χ2n) is 6.97. The molecule has 1 aromatic heterocycles. The Morgan fingerprint density at radius 1 is 1.10 bits per heavy atom. The van der Waals surface area contributed by atoms with Crippen molar-refractivity contribution in [3.63, 3.8) is 0 Å². The zero-order valence-electron chi connectivity index (χ0n) is 15.4. The lowest BCUT2D eigenvalue weighted by molar-refractivity contribution is -0.137. The Balaban J connectivity index is 1.41. The average molecular weight is 416 g/mol. The Bertz CT molecular complexity index is 1050. The number of alkyl halides is 3. The van der Waals surface area contributed by atoms with Crippen LogP contribution in [0.15, 0.2) is 66.0 Å². The van der Waals surface area contributed by atoms with Crippen LogP contribution in [0.4, 0.5) is 13.2 Å². The molecule has 150 valence electrons. The molecule has 0 bridgehead atoms. The number of nitrogens with zero attached hydrogens (tertiary/aromatic N) is 3. The van der Waals surface area contributed by atoms with E-state index in [-0.39, 0.29) is 6.04 Å². The Labute approximate surface area is 170 Å². The van der Waals surface area contributed by atoms with Gasteiger partial charge in [-0.3, -0.25) is 9.99 Å². The summed E-state index contributed by atoms with van der Waals surface area (Å²) >= 11 is 1.62. The minimum atomic E-state index is -4.35. The smallest absolute Gasteiger partial charge is 0.326 e. The van der Waals surface area contributed by atoms with E-state index in [1.165, 1.54) is 6.07 Å². The predicted octanol–water partition coefficient (Wildman–Crippen LogP) is 4.49. The molecule has 2 heterocycles. The third kappa shape index (κ3) is 4.71. The largest absolute Gasteiger partial charge is 0.416 e. The summed E-state index contributed by atoms with van der Waals surface area (Å²) in [7, 11) is 0. The minimum absolute atomic E-state index is 0.315. The Kier molecular flexibility index (Phi) is 5.47. The summed E-state index contributed by atoms with van der Waals surface area (Å²) in [6, 6.07) is 13.1. The van der Waals surface area contributed by atoms with Crippen LogP contribution < -0.4 is 5.73 Å². The van der Waals surface area contributed by atoms with Gasteiger partial charge in [-0.05, 0) is 35.6 Å². The van der Waals surface area contributed by atoms with Crippen molar-refractivity contribution in [3.8, 4) is 0 Å². The topological polar surface area (TPSA) is 54.5 Å². The number of aromatic nitrogens is 1. The number of hydrogen-bond donors (Lipinski definition) is 1. The van der Waals surface area contributed by atoms with Gasteiger partial charge in [0.1, 0.15) is 5.04 Å². The lowest BCUT2D eigenvalue weighted by Crippen LogP contribution is -2.35. The monoisotopic (exact) mass is 416 g/mol. The molecular formula is C21H19F3N4S. The first kappa shape index (κ1) is 19.7. The maximum Gasteiger partial charge on any atom is 0.416 e. The molecule has 8 heteroatoms. The fourth-order valence-corrected chi connectivity index (χ4v) is 4.19. The summed E-state index contributed by atoms with van der Waals surface area (Å²) in [5.41, 5.74) is 7.15. The van der Waals surface area contributed by atoms with E-state index in [0.29, 0.717) is 24.4 Å². The number of hydrogen-bond acceptors (Lipinski definition) is 5. The minimum Gasteiger partial charge on any atom is -0.326 e. The summed E-state index contributed by atoms with van der Waals surface area (Å²) in [6.45, 7) is 0.476. The van der Waals surface area contributed by atoms with E-state index >= 15 is 0 Å². The highest BCUT2D eigenvalue weighted by Gasteiger charge is 2.30. The van der Waals surface area contributed by atoms with E-state index in [0.717, 1.165) is 33.5 Å². The summed E-state index contributed by atoms with van der Waals surface area (Å²) in [5.74, 6) is 0.667. The molecular weight excluding hydrogens is 397 g/mol. The molecule has 0 radical (unpaired) electrons. The lowest BCUT2D eigenvalue weighted by Gasteiger charge is -2.19. The highest BCUT2D eigenvalue weighted by Crippen LogP contribution is 2.30. The van der Waals surface area contributed by atoms with Crippen LogP contribution in [-0.2, 0) is 12.6 Å². The van der Waals surface area contributed by atoms with E-state index in [1.54, 1.807) is 24.0 Å². The lowest BCUT2D eigenvalue weighted by atomic mass is 10.0. The predicted molar refractivity (Wildman–Crippen MR) is 111 cm³/mol. The van der Waals surface area contributed by atoms with Crippen molar-refractivity contribution in [2.24, 2.45) is 10.8 Å². The molecule has 3 aromatic rings. The van der Waals surface area contributed by atoms with Gasteiger partial charge in [0.25, 0.3) is 0 Å². The van der Waals surface area contributed by atoms with Gasteiger partial charge >= 0.3 is 6.18 Å². The van der Waals surface area contributed by atoms with Crippen LogP contribution in [0.3, 0.4) is 0 Å². The molecule has 1 aliphatic rings. The first-order chi connectivity index (χ1) is 13.9. The molecule has 1 atom stereocenters. The van der Waals surface area contributed by atoms with Gasteiger partial charge in [0, 0.05) is 29.4 Å². The summed E-state index contributed by atoms with van der Waals surface area (Å²) in [5, 5.41) is 9.59. The SMILES string of the molecule is N[C@@H](Cc1cccc(C(F)(F)F)c1)CN1CSC(c2ccc3cnccc3c2)=N1. The highest BCUT2D eigenvalue weighted by atomic mass is 32.2. The Hall–Kier alpha value is -2.58. The standard InChI is InChI=1S/C21H19F3N4S/c22-21(23,24)18-3-1-2-14(8-18)9-19(25)12-28-13-29-20(27-28)16-4-5-17-11-26-7-6-15(17)10-16/h1-8,10-11,19H,9,12-13,25H2/t19-/m0/s1. The molecule has 0 saturated carbocycles. The van der Waals surface area contributed by atoms with Gasteiger partial charge in [0.2, 0.25) is 0 Å². The number of pyridine rings is 1. The van der Waals surface area contributed by atoms with Crippen LogP contribution >= 0.6 is 11.8 Å². The first-order valence-corrected chi connectivity index (χ1v) is 10.1. The van der Waals surface area contributed by atoms with Crippen LogP contribution in [0.1, 0.15) is 16.7 Å². The van der Waals surface area contributed by atoms with Crippen molar-refractivity contribution in [2.75, 3.05) is 12.4 Å². The van der Waals surface area contributed by atoms with Crippen molar-refractivity contribution in [1.82, 2.24) is 9.99 Å². The molecule has 0 spiro atoms. The molecule has 0 saturated heterocycles. The summed E-state index contributed by atoms with van der Waals surface area (Å²) in [6.07, 6.45) is -0.406. The number of fused-ring (bicyclic) bond motifs is 1. The Morgan fingerprint density at radius 2 is 1.97 bits per heavy atom. The Morgan fingerprint density at radius 3 is 2.79 bits per heavy atom. The average Bonchev–Trinajstić information content (AvgIpc) is 3.15. The maximum atomic E-state index is 12.9. The van der Waals surface area contributed by atoms with Gasteiger partial charge < -0.3 is 5.73 Å². The third-order valence-electron chi connectivity index (χ3n) is 4.67. The van der Waals surface area contributed by atoms with E-state index in [1.807, 2.05) is 29.4 Å². The van der Waals surface area contributed by atoms with Crippen molar-refractivity contribution < 1.29 is 13.2 Å². The molecule has 4 nitrogen and oxygen atoms in total. The number of hydrazone groups is 1. The van der Waals surface area contributed by atoms with Crippen molar-refractivity contribution in [1.29, 1.82) is 0 Å². The fraction of sp³-hybridized carbons (Fsp3) is 0.238. The second-order valence-corrected chi connectivity index (χ2v) is 7.90. The third-order valence-corrected chi connectivity index (χ3v) is 5.69. The molecule has 0 fully saturated rings. The van der Waals surface area contributed by atoms with Gasteiger partial charge in [-0.1, -0.05) is 42.1 Å². The molecule has 0 aliphatic carbocycles. The quantitative estimate of drug-likeness (QED) is 0.666. The molecule has 2 aromatic carbocycles. The van der Waals surface area contributed by atoms with Crippen LogP contribution in [0, 0.1) is 0 Å². The number of thioether (sulfide) groups is 1. The number of halogens is 3.